The first kappa shape index (κ1) is 26.2. The van der Waals surface area contributed by atoms with Crippen LogP contribution in [0.3, 0.4) is 0 Å². The van der Waals surface area contributed by atoms with Crippen LogP contribution in [-0.4, -0.2) is 78.4 Å². The van der Waals surface area contributed by atoms with Crippen molar-refractivity contribution in [2.75, 3.05) is 32.7 Å². The number of benzene rings is 1. The van der Waals surface area contributed by atoms with Gasteiger partial charge in [0.25, 0.3) is 5.91 Å². The lowest BCUT2D eigenvalue weighted by molar-refractivity contribution is -0.139. The number of aryl methyl sites for hydroxylation is 2. The highest BCUT2D eigenvalue weighted by molar-refractivity contribution is 6.09. The number of allylic oxidation sites excluding steroid dienone is 1. The van der Waals surface area contributed by atoms with E-state index in [0.29, 0.717) is 26.2 Å². The van der Waals surface area contributed by atoms with Gasteiger partial charge in [-0.3, -0.25) is 14.6 Å². The van der Waals surface area contributed by atoms with Crippen molar-refractivity contribution in [3.63, 3.8) is 0 Å². The van der Waals surface area contributed by atoms with Gasteiger partial charge in [0.15, 0.2) is 0 Å². The van der Waals surface area contributed by atoms with Gasteiger partial charge in [-0.2, -0.15) is 0 Å². The van der Waals surface area contributed by atoms with Gasteiger partial charge >= 0.3 is 0 Å². The normalized spacial score (nSPS) is 25.8. The second kappa shape index (κ2) is 11.5. The number of rotatable bonds is 5. The molecule has 8 heteroatoms. The molecule has 0 unspecified atom stereocenters. The minimum atomic E-state index is -0.154. The summed E-state index contributed by atoms with van der Waals surface area (Å²) in [6.07, 6.45) is 4.06. The molecule has 1 aromatic rings. The third kappa shape index (κ3) is 6.27. The van der Waals surface area contributed by atoms with E-state index < -0.39 is 0 Å². The molecule has 3 fully saturated rings. The fourth-order valence-electron chi connectivity index (χ4n) is 5.30. The monoisotopic (exact) mass is 496 g/mol. The molecule has 2 saturated heterocycles. The van der Waals surface area contributed by atoms with Crippen molar-refractivity contribution < 1.29 is 19.1 Å². The van der Waals surface area contributed by atoms with Crippen LogP contribution in [0.5, 0.6) is 5.75 Å². The quantitative estimate of drug-likeness (QED) is 0.632. The zero-order valence-electron chi connectivity index (χ0n) is 22.1. The summed E-state index contributed by atoms with van der Waals surface area (Å²) >= 11 is 0. The number of morpholine rings is 1. The smallest absolute Gasteiger partial charge is 0.270 e. The van der Waals surface area contributed by atoms with Crippen molar-refractivity contribution in [3.8, 4) is 5.75 Å². The van der Waals surface area contributed by atoms with Crippen LogP contribution in [0.25, 0.3) is 0 Å². The number of likely N-dealkylation sites (tertiary alicyclic amines) is 1. The Hall–Kier alpha value is -2.87. The van der Waals surface area contributed by atoms with Crippen molar-refractivity contribution in [1.82, 2.24) is 9.80 Å². The van der Waals surface area contributed by atoms with Crippen molar-refractivity contribution in [2.45, 2.75) is 78.1 Å². The highest BCUT2D eigenvalue weighted by Gasteiger charge is 2.30. The first-order valence-electron chi connectivity index (χ1n) is 13.2. The highest BCUT2D eigenvalue weighted by atomic mass is 16.5. The molecule has 36 heavy (non-hydrogen) atoms. The molecule has 196 valence electrons. The molecule has 2 N–H and O–H groups in total. The lowest BCUT2D eigenvalue weighted by Gasteiger charge is -2.35. The summed E-state index contributed by atoms with van der Waals surface area (Å²) in [6, 6.07) is 6.17. The van der Waals surface area contributed by atoms with Crippen molar-refractivity contribution >= 4 is 17.5 Å². The maximum atomic E-state index is 13.0. The Balaban J connectivity index is 1.31. The van der Waals surface area contributed by atoms with E-state index in [9.17, 15) is 9.59 Å². The number of nitrogens with zero attached hydrogens (tertiary/aromatic N) is 3. The number of nitrogens with two attached hydrogens (primary N) is 1. The van der Waals surface area contributed by atoms with Crippen LogP contribution in [0.1, 0.15) is 57.1 Å². The van der Waals surface area contributed by atoms with E-state index in [1.54, 1.807) is 4.90 Å². The van der Waals surface area contributed by atoms with Crippen molar-refractivity contribution in [1.29, 1.82) is 0 Å². The molecule has 1 aliphatic carbocycles. The SMILES string of the molecule is Cc1ccc(OC2CCN(C(=O)CN=C3CCCC3=C(N)C(=O)N3C[C@@H](C)O[C@@H](C)C3)CC2)cc1C. The van der Waals surface area contributed by atoms with Gasteiger partial charge < -0.3 is 25.0 Å². The van der Waals surface area contributed by atoms with Gasteiger partial charge in [0.1, 0.15) is 24.1 Å². The average Bonchev–Trinajstić information content (AvgIpc) is 3.32. The first-order valence-corrected chi connectivity index (χ1v) is 13.2. The summed E-state index contributed by atoms with van der Waals surface area (Å²) < 4.78 is 11.9. The van der Waals surface area contributed by atoms with Gasteiger partial charge in [-0.25, -0.2) is 0 Å². The zero-order valence-corrected chi connectivity index (χ0v) is 22.1. The van der Waals surface area contributed by atoms with Crippen LogP contribution in [0.2, 0.25) is 0 Å². The Kier molecular flexibility index (Phi) is 8.34. The van der Waals surface area contributed by atoms with Gasteiger partial charge in [0.05, 0.1) is 12.2 Å². The Morgan fingerprint density at radius 2 is 1.75 bits per heavy atom. The van der Waals surface area contributed by atoms with Crippen molar-refractivity contribution in [2.24, 2.45) is 10.7 Å². The van der Waals surface area contributed by atoms with Crippen LogP contribution < -0.4 is 10.5 Å². The predicted octanol–water partition coefficient (Wildman–Crippen LogP) is 3.15. The third-order valence-corrected chi connectivity index (χ3v) is 7.43. The van der Waals surface area contributed by atoms with E-state index in [4.69, 9.17) is 15.2 Å². The standard InChI is InChI=1S/C28H40N4O4/c1-18-8-9-23(14-19(18)2)36-22-10-12-31(13-11-22)26(33)15-30-25-7-5-6-24(25)27(29)28(34)32-16-20(3)35-21(4)17-32/h8-9,14,20-22H,5-7,10-13,15-17,29H2,1-4H3/t20-,21+. The molecule has 2 amide bonds. The highest BCUT2D eigenvalue weighted by Crippen LogP contribution is 2.26. The minimum absolute atomic E-state index is 0.0131. The van der Waals surface area contributed by atoms with E-state index in [0.717, 1.165) is 49.1 Å². The van der Waals surface area contributed by atoms with Crippen LogP contribution in [0, 0.1) is 13.8 Å². The van der Waals surface area contributed by atoms with Gasteiger partial charge in [0.2, 0.25) is 5.91 Å². The van der Waals surface area contributed by atoms with Gasteiger partial charge in [-0.05, 0) is 70.2 Å². The molecule has 0 aromatic heterocycles. The maximum absolute atomic E-state index is 13.0. The average molecular weight is 497 g/mol. The number of carbonyl (C=O) groups is 2. The number of hydrogen-bond acceptors (Lipinski definition) is 6. The summed E-state index contributed by atoms with van der Waals surface area (Å²) in [5.41, 5.74) is 10.7. The Morgan fingerprint density at radius 3 is 2.42 bits per heavy atom. The van der Waals surface area contributed by atoms with E-state index >= 15 is 0 Å². The second-order valence-corrected chi connectivity index (χ2v) is 10.4. The molecule has 1 aromatic carbocycles. The number of aliphatic imine (C=N–C) groups is 1. The Bertz CT molecular complexity index is 1030. The van der Waals surface area contributed by atoms with E-state index in [1.165, 1.54) is 11.1 Å². The van der Waals surface area contributed by atoms with Crippen LogP contribution in [-0.2, 0) is 14.3 Å². The predicted molar refractivity (Wildman–Crippen MR) is 140 cm³/mol. The third-order valence-electron chi connectivity index (χ3n) is 7.43. The van der Waals surface area contributed by atoms with Gasteiger partial charge in [-0.15, -0.1) is 0 Å². The molecule has 0 bridgehead atoms. The lowest BCUT2D eigenvalue weighted by Crippen LogP contribution is -2.49. The molecule has 2 heterocycles. The molecule has 1 saturated carbocycles. The minimum Gasteiger partial charge on any atom is -0.490 e. The number of amides is 2. The zero-order chi connectivity index (χ0) is 25.8. The summed E-state index contributed by atoms with van der Waals surface area (Å²) in [5.74, 6) is 0.751. The molecule has 2 atom stereocenters. The topological polar surface area (TPSA) is 97.5 Å². The number of carbonyl (C=O) groups excluding carboxylic acids is 2. The van der Waals surface area contributed by atoms with E-state index in [2.05, 4.69) is 31.0 Å². The molecular formula is C28H40N4O4. The van der Waals surface area contributed by atoms with E-state index in [1.807, 2.05) is 24.8 Å². The molecule has 0 spiro atoms. The fourth-order valence-corrected chi connectivity index (χ4v) is 5.30. The Labute approximate surface area is 214 Å². The molecule has 0 radical (unpaired) electrons. The molecular weight excluding hydrogens is 456 g/mol. The first-order chi connectivity index (χ1) is 17.2. The fraction of sp³-hybridized carbons (Fsp3) is 0.607. The molecule has 4 rings (SSSR count). The second-order valence-electron chi connectivity index (χ2n) is 10.4. The number of piperidine rings is 1. The van der Waals surface area contributed by atoms with Crippen LogP contribution in [0.15, 0.2) is 34.5 Å². The van der Waals surface area contributed by atoms with Crippen LogP contribution >= 0.6 is 0 Å². The summed E-state index contributed by atoms with van der Waals surface area (Å²) in [6.45, 7) is 10.6. The van der Waals surface area contributed by atoms with Crippen LogP contribution in [0.4, 0.5) is 0 Å². The largest absolute Gasteiger partial charge is 0.490 e. The lowest BCUT2D eigenvalue weighted by atomic mass is 10.1. The molecule has 3 aliphatic rings. The summed E-state index contributed by atoms with van der Waals surface area (Å²) in [7, 11) is 0. The van der Waals surface area contributed by atoms with Gasteiger partial charge in [0, 0.05) is 50.3 Å². The number of hydrogen-bond donors (Lipinski definition) is 1. The summed E-state index contributed by atoms with van der Waals surface area (Å²) in [5, 5.41) is 0. The number of ether oxygens (including phenoxy) is 2. The van der Waals surface area contributed by atoms with E-state index in [-0.39, 0.29) is 42.4 Å². The van der Waals surface area contributed by atoms with Gasteiger partial charge in [-0.1, -0.05) is 6.07 Å². The Morgan fingerprint density at radius 1 is 1.06 bits per heavy atom. The molecule has 8 nitrogen and oxygen atoms in total. The maximum Gasteiger partial charge on any atom is 0.270 e. The summed E-state index contributed by atoms with van der Waals surface area (Å²) in [4.78, 5) is 34.2. The van der Waals surface area contributed by atoms with Crippen molar-refractivity contribution in [3.05, 3.63) is 40.6 Å². The molecule has 2 aliphatic heterocycles.